The summed E-state index contributed by atoms with van der Waals surface area (Å²) in [6, 6.07) is 21.6. The quantitative estimate of drug-likeness (QED) is 0.685. The highest BCUT2D eigenvalue weighted by Crippen LogP contribution is 2.43. The van der Waals surface area contributed by atoms with E-state index in [2.05, 4.69) is 66.0 Å². The van der Waals surface area contributed by atoms with E-state index in [1.165, 1.54) is 56.2 Å². The van der Waals surface area contributed by atoms with E-state index in [1.807, 2.05) is 0 Å². The van der Waals surface area contributed by atoms with Crippen LogP contribution in [0.5, 0.6) is 0 Å². The van der Waals surface area contributed by atoms with Gasteiger partial charge in [0.25, 0.3) is 0 Å². The Labute approximate surface area is 158 Å². The Bertz CT molecular complexity index is 665. The molecule has 2 saturated carbocycles. The lowest BCUT2D eigenvalue weighted by Crippen LogP contribution is -2.51. The molecule has 0 aromatic heterocycles. The topological polar surface area (TPSA) is 21.3 Å². The molecule has 2 nitrogen and oxygen atoms in total. The Morgan fingerprint density at radius 3 is 2.12 bits per heavy atom. The van der Waals surface area contributed by atoms with Gasteiger partial charge in [0.1, 0.15) is 0 Å². The van der Waals surface area contributed by atoms with Gasteiger partial charge in [-0.1, -0.05) is 80.6 Å². The van der Waals surface area contributed by atoms with Crippen LogP contribution >= 0.6 is 0 Å². The van der Waals surface area contributed by atoms with Crippen LogP contribution in [0.15, 0.2) is 60.7 Å². The molecule has 0 spiro atoms. The smallest absolute Gasteiger partial charge is 0.0888 e. The molecule has 2 fully saturated rings. The van der Waals surface area contributed by atoms with E-state index < -0.39 is 0 Å². The van der Waals surface area contributed by atoms with E-state index in [9.17, 15) is 0 Å². The van der Waals surface area contributed by atoms with Crippen molar-refractivity contribution in [3.63, 3.8) is 0 Å². The molecule has 0 aliphatic heterocycles. The van der Waals surface area contributed by atoms with Crippen LogP contribution in [-0.4, -0.2) is 12.2 Å². The van der Waals surface area contributed by atoms with E-state index in [0.29, 0.717) is 6.10 Å². The molecule has 2 aliphatic carbocycles. The van der Waals surface area contributed by atoms with Gasteiger partial charge in [-0.05, 0) is 43.4 Å². The average Bonchev–Trinajstić information content (AvgIpc) is 2.72. The fraction of sp³-hybridized carbons (Fsp3) is 0.500. The first-order valence-corrected chi connectivity index (χ1v) is 10.4. The lowest BCUT2D eigenvalue weighted by Gasteiger charge is -2.47. The molecule has 2 unspecified atom stereocenters. The molecule has 0 amide bonds. The molecule has 2 heteroatoms. The molecule has 1 N–H and O–H groups in total. The Morgan fingerprint density at radius 2 is 1.38 bits per heavy atom. The van der Waals surface area contributed by atoms with Gasteiger partial charge >= 0.3 is 0 Å². The van der Waals surface area contributed by atoms with Crippen molar-refractivity contribution in [3.05, 3.63) is 66.2 Å². The number of rotatable bonds is 5. The summed E-state index contributed by atoms with van der Waals surface area (Å²) in [6.07, 6.45) is 11.9. The summed E-state index contributed by atoms with van der Waals surface area (Å²) in [5.74, 6) is 0. The number of benzene rings is 2. The van der Waals surface area contributed by atoms with E-state index in [0.717, 1.165) is 12.8 Å². The van der Waals surface area contributed by atoms with Gasteiger partial charge in [0.05, 0.1) is 17.7 Å². The second kappa shape index (κ2) is 8.26. The summed E-state index contributed by atoms with van der Waals surface area (Å²) < 4.78 is 6.81. The third kappa shape index (κ3) is 3.81. The fourth-order valence-corrected chi connectivity index (χ4v) is 4.82. The molecular formula is C24H31NO. The highest BCUT2D eigenvalue weighted by Gasteiger charge is 2.44. The van der Waals surface area contributed by atoms with Crippen molar-refractivity contribution in [2.45, 2.75) is 75.5 Å². The monoisotopic (exact) mass is 349 g/mol. The van der Waals surface area contributed by atoms with Gasteiger partial charge in [-0.15, -0.1) is 0 Å². The van der Waals surface area contributed by atoms with Crippen LogP contribution in [0.2, 0.25) is 0 Å². The molecule has 0 saturated heterocycles. The highest BCUT2D eigenvalue weighted by atomic mass is 16.5. The van der Waals surface area contributed by atoms with Crippen molar-refractivity contribution in [2.24, 2.45) is 0 Å². The van der Waals surface area contributed by atoms with Crippen LogP contribution in [0.4, 0.5) is 5.69 Å². The SMILES string of the molecule is c1ccc(NC2(c3ccccc3)CCCCC2OC2CCCCC2)cc1. The van der Waals surface area contributed by atoms with Crippen LogP contribution in [0.3, 0.4) is 0 Å². The van der Waals surface area contributed by atoms with Crippen LogP contribution < -0.4 is 5.32 Å². The zero-order valence-corrected chi connectivity index (χ0v) is 15.7. The van der Waals surface area contributed by atoms with Crippen molar-refractivity contribution in [1.82, 2.24) is 0 Å². The Kier molecular flexibility index (Phi) is 5.59. The molecular weight excluding hydrogens is 318 g/mol. The van der Waals surface area contributed by atoms with Crippen LogP contribution in [0, 0.1) is 0 Å². The number of hydrogen-bond acceptors (Lipinski definition) is 2. The third-order valence-corrected chi connectivity index (χ3v) is 6.18. The fourth-order valence-electron chi connectivity index (χ4n) is 4.82. The second-order valence-electron chi connectivity index (χ2n) is 7.96. The normalized spacial score (nSPS) is 27.2. The summed E-state index contributed by atoms with van der Waals surface area (Å²) in [6.45, 7) is 0. The predicted octanol–water partition coefficient (Wildman–Crippen LogP) is 6.29. The first-order valence-electron chi connectivity index (χ1n) is 10.4. The van der Waals surface area contributed by atoms with E-state index in [1.54, 1.807) is 0 Å². The van der Waals surface area contributed by atoms with Gasteiger partial charge in [-0.25, -0.2) is 0 Å². The summed E-state index contributed by atoms with van der Waals surface area (Å²) in [4.78, 5) is 0. The zero-order chi connectivity index (χ0) is 17.7. The van der Waals surface area contributed by atoms with Crippen LogP contribution in [0.25, 0.3) is 0 Å². The van der Waals surface area contributed by atoms with Gasteiger partial charge in [0.2, 0.25) is 0 Å². The maximum absolute atomic E-state index is 6.81. The maximum atomic E-state index is 6.81. The van der Waals surface area contributed by atoms with Gasteiger partial charge < -0.3 is 10.1 Å². The number of ether oxygens (including phenoxy) is 1. The highest BCUT2D eigenvalue weighted by molar-refractivity contribution is 5.49. The first-order chi connectivity index (χ1) is 12.9. The number of nitrogens with one attached hydrogen (secondary N) is 1. The van der Waals surface area contributed by atoms with Gasteiger partial charge in [-0.2, -0.15) is 0 Å². The maximum Gasteiger partial charge on any atom is 0.0888 e. The van der Waals surface area contributed by atoms with Gasteiger partial charge in [-0.3, -0.25) is 0 Å². The molecule has 2 atom stereocenters. The van der Waals surface area contributed by atoms with Gasteiger partial charge in [0.15, 0.2) is 0 Å². The van der Waals surface area contributed by atoms with Crippen molar-refractivity contribution < 1.29 is 4.74 Å². The van der Waals surface area contributed by atoms with Crippen LogP contribution in [0.1, 0.15) is 63.4 Å². The van der Waals surface area contributed by atoms with Crippen molar-refractivity contribution in [3.8, 4) is 0 Å². The molecule has 2 aliphatic rings. The minimum Gasteiger partial charge on any atom is -0.373 e. The van der Waals surface area contributed by atoms with Gasteiger partial charge in [0, 0.05) is 5.69 Å². The molecule has 0 radical (unpaired) electrons. The molecule has 2 aromatic rings. The summed E-state index contributed by atoms with van der Waals surface area (Å²) in [7, 11) is 0. The number of hydrogen-bond donors (Lipinski definition) is 1. The molecule has 26 heavy (non-hydrogen) atoms. The minimum atomic E-state index is -0.127. The Hall–Kier alpha value is -1.80. The average molecular weight is 350 g/mol. The van der Waals surface area contributed by atoms with E-state index in [-0.39, 0.29) is 11.6 Å². The Balaban J connectivity index is 1.66. The Morgan fingerprint density at radius 1 is 0.731 bits per heavy atom. The predicted molar refractivity (Wildman–Crippen MR) is 108 cm³/mol. The molecule has 2 aromatic carbocycles. The third-order valence-electron chi connectivity index (χ3n) is 6.18. The van der Waals surface area contributed by atoms with E-state index >= 15 is 0 Å². The van der Waals surface area contributed by atoms with E-state index in [4.69, 9.17) is 4.74 Å². The molecule has 0 heterocycles. The molecule has 0 bridgehead atoms. The molecule has 4 rings (SSSR count). The number of anilines is 1. The second-order valence-corrected chi connectivity index (χ2v) is 7.96. The standard InChI is InChI=1S/C24H31NO/c1-4-12-20(13-5-1)24(25-21-14-6-2-7-15-21)19-11-10-18-23(24)26-22-16-8-3-9-17-22/h1-2,4-7,12-15,22-23,25H,3,8-11,16-19H2. The van der Waals surface area contributed by atoms with Crippen LogP contribution in [-0.2, 0) is 10.3 Å². The molecule has 138 valence electrons. The lowest BCUT2D eigenvalue weighted by molar-refractivity contribution is -0.0783. The number of para-hydroxylation sites is 1. The van der Waals surface area contributed by atoms with Crippen molar-refractivity contribution in [2.75, 3.05) is 5.32 Å². The lowest BCUT2D eigenvalue weighted by atomic mass is 9.73. The van der Waals surface area contributed by atoms with Crippen molar-refractivity contribution in [1.29, 1.82) is 0 Å². The first kappa shape index (κ1) is 17.6. The minimum absolute atomic E-state index is 0.127. The summed E-state index contributed by atoms with van der Waals surface area (Å²) in [5, 5.41) is 3.93. The zero-order valence-electron chi connectivity index (χ0n) is 15.7. The largest absolute Gasteiger partial charge is 0.373 e. The summed E-state index contributed by atoms with van der Waals surface area (Å²) >= 11 is 0. The van der Waals surface area contributed by atoms with Crippen molar-refractivity contribution >= 4 is 5.69 Å². The summed E-state index contributed by atoms with van der Waals surface area (Å²) in [5.41, 5.74) is 2.43.